The largest absolute Gasteiger partial charge is 0.497 e. The minimum atomic E-state index is 0.0351. The van der Waals surface area contributed by atoms with E-state index < -0.39 is 0 Å². The number of allylic oxidation sites excluding steroid dienone is 1. The maximum atomic E-state index is 9.15. The number of benzene rings is 2. The number of nitriles is 2. The molecule has 0 saturated heterocycles. The van der Waals surface area contributed by atoms with Crippen LogP contribution in [0, 0.1) is 22.7 Å². The van der Waals surface area contributed by atoms with Gasteiger partial charge in [-0.25, -0.2) is 0 Å². The van der Waals surface area contributed by atoms with Crippen LogP contribution in [0.15, 0.2) is 48.0 Å². The Morgan fingerprint density at radius 3 is 2.40 bits per heavy atom. The monoisotopic (exact) mass is 329 g/mol. The zero-order chi connectivity index (χ0) is 17.8. The van der Waals surface area contributed by atoms with Gasteiger partial charge < -0.3 is 14.5 Å². The second kappa shape index (κ2) is 6.82. The van der Waals surface area contributed by atoms with Crippen LogP contribution in [0.25, 0.3) is 28.2 Å². The first kappa shape index (κ1) is 16.2. The topological polar surface area (TPSA) is 81.8 Å². The van der Waals surface area contributed by atoms with Crippen molar-refractivity contribution in [3.63, 3.8) is 0 Å². The molecule has 0 unspecified atom stereocenters. The summed E-state index contributed by atoms with van der Waals surface area (Å²) in [7, 11) is 3.21. The summed E-state index contributed by atoms with van der Waals surface area (Å²) in [6.45, 7) is 0. The molecule has 0 radical (unpaired) electrons. The minimum absolute atomic E-state index is 0.0351. The summed E-state index contributed by atoms with van der Waals surface area (Å²) in [5.41, 5.74) is 3.40. The second-order valence-corrected chi connectivity index (χ2v) is 5.34. The molecule has 0 saturated carbocycles. The molecule has 0 bridgehead atoms. The lowest BCUT2D eigenvalue weighted by molar-refractivity contribution is 0.415. The first-order chi connectivity index (χ1) is 12.2. The molecule has 0 aliphatic heterocycles. The number of rotatable bonds is 4. The summed E-state index contributed by atoms with van der Waals surface area (Å²) >= 11 is 0. The van der Waals surface area contributed by atoms with E-state index in [1.165, 1.54) is 0 Å². The van der Waals surface area contributed by atoms with Crippen LogP contribution in [-0.4, -0.2) is 19.2 Å². The van der Waals surface area contributed by atoms with Crippen molar-refractivity contribution in [1.29, 1.82) is 10.5 Å². The third-order valence-corrected chi connectivity index (χ3v) is 3.93. The van der Waals surface area contributed by atoms with Gasteiger partial charge in [0.2, 0.25) is 0 Å². The molecule has 0 atom stereocenters. The van der Waals surface area contributed by atoms with Gasteiger partial charge in [-0.1, -0.05) is 12.1 Å². The number of nitrogens with zero attached hydrogens (tertiary/aromatic N) is 2. The van der Waals surface area contributed by atoms with Gasteiger partial charge in [0, 0.05) is 22.0 Å². The third-order valence-electron chi connectivity index (χ3n) is 3.93. The van der Waals surface area contributed by atoms with E-state index in [9.17, 15) is 0 Å². The Labute approximate surface area is 145 Å². The zero-order valence-corrected chi connectivity index (χ0v) is 13.8. The van der Waals surface area contributed by atoms with Crippen LogP contribution in [0.4, 0.5) is 0 Å². The molecule has 1 heterocycles. The molecular formula is C20H15N3O2. The van der Waals surface area contributed by atoms with Crippen molar-refractivity contribution in [3.05, 3.63) is 53.6 Å². The lowest BCUT2D eigenvalue weighted by Crippen LogP contribution is -1.86. The predicted molar refractivity (Wildman–Crippen MR) is 96.0 cm³/mol. The number of ether oxygens (including phenoxy) is 2. The van der Waals surface area contributed by atoms with Gasteiger partial charge in [-0.2, -0.15) is 10.5 Å². The van der Waals surface area contributed by atoms with Crippen LogP contribution < -0.4 is 9.47 Å². The number of methoxy groups -OCH3 is 2. The van der Waals surface area contributed by atoms with Crippen LogP contribution in [-0.2, 0) is 0 Å². The number of hydrogen-bond acceptors (Lipinski definition) is 4. The van der Waals surface area contributed by atoms with E-state index in [1.807, 2.05) is 54.6 Å². The van der Waals surface area contributed by atoms with Crippen molar-refractivity contribution in [1.82, 2.24) is 4.98 Å². The molecular weight excluding hydrogens is 314 g/mol. The highest BCUT2D eigenvalue weighted by Gasteiger charge is 2.14. The Bertz CT molecular complexity index is 1030. The van der Waals surface area contributed by atoms with Gasteiger partial charge in [-0.05, 0) is 36.4 Å². The highest BCUT2D eigenvalue weighted by molar-refractivity contribution is 5.98. The van der Waals surface area contributed by atoms with Gasteiger partial charge in [-0.3, -0.25) is 0 Å². The predicted octanol–water partition coefficient (Wildman–Crippen LogP) is 4.28. The smallest absolute Gasteiger partial charge is 0.130 e. The van der Waals surface area contributed by atoms with Crippen molar-refractivity contribution < 1.29 is 9.47 Å². The Morgan fingerprint density at radius 1 is 1.00 bits per heavy atom. The molecule has 0 amide bonds. The van der Waals surface area contributed by atoms with Gasteiger partial charge >= 0.3 is 0 Å². The van der Waals surface area contributed by atoms with Crippen LogP contribution in [0.2, 0.25) is 0 Å². The van der Waals surface area contributed by atoms with Crippen molar-refractivity contribution in [2.75, 3.05) is 14.2 Å². The minimum Gasteiger partial charge on any atom is -0.497 e. The molecule has 0 aliphatic rings. The van der Waals surface area contributed by atoms with E-state index in [2.05, 4.69) is 4.98 Å². The maximum Gasteiger partial charge on any atom is 0.130 e. The molecule has 3 rings (SSSR count). The van der Waals surface area contributed by atoms with Gasteiger partial charge in [0.25, 0.3) is 0 Å². The SMILES string of the molecule is COc1cccc(-c2[nH]c3ccc(OC)cc3c2C=C(C#N)C#N)c1. The fraction of sp³-hybridized carbons (Fsp3) is 0.100. The molecule has 5 nitrogen and oxygen atoms in total. The van der Waals surface area contributed by atoms with E-state index >= 15 is 0 Å². The van der Waals surface area contributed by atoms with Crippen molar-refractivity contribution in [2.24, 2.45) is 0 Å². The van der Waals surface area contributed by atoms with Gasteiger partial charge in [0.15, 0.2) is 0 Å². The average molecular weight is 329 g/mol. The molecule has 5 heteroatoms. The van der Waals surface area contributed by atoms with E-state index in [4.69, 9.17) is 20.0 Å². The first-order valence-electron chi connectivity index (χ1n) is 7.56. The zero-order valence-electron chi connectivity index (χ0n) is 13.8. The summed E-state index contributed by atoms with van der Waals surface area (Å²) in [6, 6.07) is 17.1. The summed E-state index contributed by atoms with van der Waals surface area (Å²) in [4.78, 5) is 3.36. The number of aromatic nitrogens is 1. The summed E-state index contributed by atoms with van der Waals surface area (Å²) in [5.74, 6) is 1.43. The quantitative estimate of drug-likeness (QED) is 0.724. The third kappa shape index (κ3) is 3.04. The van der Waals surface area contributed by atoms with E-state index in [1.54, 1.807) is 20.3 Å². The normalized spacial score (nSPS) is 9.92. The van der Waals surface area contributed by atoms with Crippen LogP contribution in [0.1, 0.15) is 5.56 Å². The van der Waals surface area contributed by atoms with Crippen LogP contribution in [0.5, 0.6) is 11.5 Å². The maximum absolute atomic E-state index is 9.15. The number of hydrogen-bond donors (Lipinski definition) is 1. The summed E-state index contributed by atoms with van der Waals surface area (Å²) < 4.78 is 10.6. The molecule has 122 valence electrons. The number of aromatic amines is 1. The summed E-state index contributed by atoms with van der Waals surface area (Å²) in [5, 5.41) is 19.2. The molecule has 2 aromatic carbocycles. The van der Waals surface area contributed by atoms with Crippen LogP contribution >= 0.6 is 0 Å². The molecule has 0 spiro atoms. The van der Waals surface area contributed by atoms with E-state index in [0.717, 1.165) is 33.5 Å². The summed E-state index contributed by atoms with van der Waals surface area (Å²) in [6.07, 6.45) is 1.59. The number of fused-ring (bicyclic) bond motifs is 1. The fourth-order valence-electron chi connectivity index (χ4n) is 2.71. The fourth-order valence-corrected chi connectivity index (χ4v) is 2.71. The van der Waals surface area contributed by atoms with Gasteiger partial charge in [0.1, 0.15) is 29.2 Å². The Morgan fingerprint density at radius 2 is 1.72 bits per heavy atom. The van der Waals surface area contributed by atoms with Crippen molar-refractivity contribution in [3.8, 4) is 34.9 Å². The van der Waals surface area contributed by atoms with Crippen molar-refractivity contribution >= 4 is 17.0 Å². The van der Waals surface area contributed by atoms with Crippen LogP contribution in [0.3, 0.4) is 0 Å². The highest BCUT2D eigenvalue weighted by atomic mass is 16.5. The van der Waals surface area contributed by atoms with Crippen molar-refractivity contribution in [2.45, 2.75) is 0 Å². The van der Waals surface area contributed by atoms with E-state index in [0.29, 0.717) is 5.75 Å². The highest BCUT2D eigenvalue weighted by Crippen LogP contribution is 2.35. The molecule has 0 aliphatic carbocycles. The second-order valence-electron chi connectivity index (χ2n) is 5.34. The molecule has 1 N–H and O–H groups in total. The Balaban J connectivity index is 2.32. The number of H-pyrrole nitrogens is 1. The molecule has 0 fully saturated rings. The standard InChI is InChI=1S/C20H15N3O2/c1-24-15-5-3-4-14(9-15)20-18(8-13(11-21)12-22)17-10-16(25-2)6-7-19(17)23-20/h3-10,23H,1-2H3. The number of nitrogens with one attached hydrogen (secondary N) is 1. The lowest BCUT2D eigenvalue weighted by atomic mass is 10.0. The first-order valence-corrected chi connectivity index (χ1v) is 7.56. The average Bonchev–Trinajstić information content (AvgIpc) is 3.03. The Kier molecular flexibility index (Phi) is 4.41. The van der Waals surface area contributed by atoms with Gasteiger partial charge in [-0.15, -0.1) is 0 Å². The molecule has 1 aromatic heterocycles. The van der Waals surface area contributed by atoms with E-state index in [-0.39, 0.29) is 5.57 Å². The van der Waals surface area contributed by atoms with Gasteiger partial charge in [0.05, 0.1) is 19.9 Å². The molecule has 25 heavy (non-hydrogen) atoms. The lowest BCUT2D eigenvalue weighted by Gasteiger charge is -2.05. The Hall–Kier alpha value is -3.70. The molecule has 3 aromatic rings.